The van der Waals surface area contributed by atoms with Crippen LogP contribution in [0.15, 0.2) is 30.3 Å². The summed E-state index contributed by atoms with van der Waals surface area (Å²) in [6.45, 7) is 9.82. The second-order valence-corrected chi connectivity index (χ2v) is 8.28. The lowest BCUT2D eigenvalue weighted by Gasteiger charge is -2.34. The molecule has 2 heterocycles. The fraction of sp³-hybridized carbons (Fsp3) is 0.500. The van der Waals surface area contributed by atoms with Crippen molar-refractivity contribution < 1.29 is 9.72 Å². The minimum absolute atomic E-state index is 0.0143. The summed E-state index contributed by atoms with van der Waals surface area (Å²) in [5, 5.41) is 15.2. The Hall–Kier alpha value is -2.74. The van der Waals surface area contributed by atoms with E-state index in [4.69, 9.17) is 0 Å². The van der Waals surface area contributed by atoms with Gasteiger partial charge in [0.1, 0.15) is 5.69 Å². The molecule has 0 atom stereocenters. The standard InChI is InChI=1S/C20H27N5O3/c1-20(2,3)18-13-17(22(4)21-18)19(26)24-11-9-23(10-12-24)14-15-5-7-16(8-6-15)25(27)28/h5-8,13H,9-12,14H2,1-4H3. The van der Waals surface area contributed by atoms with E-state index >= 15 is 0 Å². The maximum Gasteiger partial charge on any atom is 0.272 e. The van der Waals surface area contributed by atoms with Crippen LogP contribution < -0.4 is 0 Å². The first-order valence-electron chi connectivity index (χ1n) is 9.44. The summed E-state index contributed by atoms with van der Waals surface area (Å²) in [4.78, 5) is 27.4. The zero-order chi connectivity index (χ0) is 20.5. The third-order valence-electron chi connectivity index (χ3n) is 5.08. The molecule has 8 heteroatoms. The highest BCUT2D eigenvalue weighted by Gasteiger charge is 2.27. The monoisotopic (exact) mass is 385 g/mol. The average Bonchev–Trinajstić information content (AvgIpc) is 3.04. The molecule has 1 saturated heterocycles. The summed E-state index contributed by atoms with van der Waals surface area (Å²) in [6.07, 6.45) is 0. The summed E-state index contributed by atoms with van der Waals surface area (Å²) in [5.74, 6) is 0.0143. The molecular weight excluding hydrogens is 358 g/mol. The molecule has 0 aliphatic carbocycles. The molecule has 28 heavy (non-hydrogen) atoms. The number of aryl methyl sites for hydroxylation is 1. The van der Waals surface area contributed by atoms with Crippen LogP contribution in [0, 0.1) is 10.1 Å². The molecule has 1 fully saturated rings. The Labute approximate surface area is 164 Å². The fourth-order valence-electron chi connectivity index (χ4n) is 3.29. The van der Waals surface area contributed by atoms with E-state index in [1.165, 1.54) is 12.1 Å². The molecule has 0 spiro atoms. The third kappa shape index (κ3) is 4.39. The van der Waals surface area contributed by atoms with Crippen LogP contribution in [-0.2, 0) is 19.0 Å². The van der Waals surface area contributed by atoms with Crippen molar-refractivity contribution in [2.45, 2.75) is 32.7 Å². The third-order valence-corrected chi connectivity index (χ3v) is 5.08. The number of carbonyl (C=O) groups excluding carboxylic acids is 1. The predicted molar refractivity (Wildman–Crippen MR) is 106 cm³/mol. The fourth-order valence-corrected chi connectivity index (χ4v) is 3.29. The molecule has 150 valence electrons. The summed E-state index contributed by atoms with van der Waals surface area (Å²) >= 11 is 0. The number of nitro benzene ring substituents is 1. The van der Waals surface area contributed by atoms with Crippen LogP contribution in [0.1, 0.15) is 42.5 Å². The number of nitrogens with zero attached hydrogens (tertiary/aromatic N) is 5. The van der Waals surface area contributed by atoms with Crippen LogP contribution in [0.5, 0.6) is 0 Å². The highest BCUT2D eigenvalue weighted by Crippen LogP contribution is 2.22. The quantitative estimate of drug-likeness (QED) is 0.597. The Morgan fingerprint density at radius 2 is 1.75 bits per heavy atom. The highest BCUT2D eigenvalue weighted by atomic mass is 16.6. The highest BCUT2D eigenvalue weighted by molar-refractivity contribution is 5.92. The number of non-ortho nitro benzene ring substituents is 1. The molecule has 0 radical (unpaired) electrons. The molecule has 0 saturated carbocycles. The Kier molecular flexibility index (Phi) is 5.51. The van der Waals surface area contributed by atoms with Gasteiger partial charge in [-0.05, 0) is 11.6 Å². The number of hydrogen-bond acceptors (Lipinski definition) is 5. The van der Waals surface area contributed by atoms with Gasteiger partial charge in [-0.1, -0.05) is 32.9 Å². The second kappa shape index (κ2) is 7.71. The predicted octanol–water partition coefficient (Wildman–Crippen LogP) is 2.58. The van der Waals surface area contributed by atoms with Gasteiger partial charge in [0.15, 0.2) is 0 Å². The van der Waals surface area contributed by atoms with Crippen LogP contribution in [0.3, 0.4) is 0 Å². The first-order chi connectivity index (χ1) is 13.1. The number of piperazine rings is 1. The smallest absolute Gasteiger partial charge is 0.272 e. The second-order valence-electron chi connectivity index (χ2n) is 8.28. The van der Waals surface area contributed by atoms with Crippen LogP contribution >= 0.6 is 0 Å². The van der Waals surface area contributed by atoms with Gasteiger partial charge in [-0.2, -0.15) is 5.10 Å². The Morgan fingerprint density at radius 1 is 1.14 bits per heavy atom. The number of aromatic nitrogens is 2. The largest absolute Gasteiger partial charge is 0.335 e. The summed E-state index contributed by atoms with van der Waals surface area (Å²) in [6, 6.07) is 8.54. The Bertz CT molecular complexity index is 859. The number of hydrogen-bond donors (Lipinski definition) is 0. The van der Waals surface area contributed by atoms with E-state index < -0.39 is 4.92 Å². The van der Waals surface area contributed by atoms with E-state index in [0.29, 0.717) is 18.8 Å². The van der Waals surface area contributed by atoms with Gasteiger partial charge >= 0.3 is 0 Å². The van der Waals surface area contributed by atoms with Gasteiger partial charge in [0.2, 0.25) is 0 Å². The van der Waals surface area contributed by atoms with Crippen molar-refractivity contribution in [2.24, 2.45) is 7.05 Å². The van der Waals surface area contributed by atoms with Crippen molar-refractivity contribution in [1.82, 2.24) is 19.6 Å². The van der Waals surface area contributed by atoms with Gasteiger partial charge in [0.05, 0.1) is 10.6 Å². The van der Waals surface area contributed by atoms with Crippen LogP contribution in [0.25, 0.3) is 0 Å². The molecule has 1 aliphatic rings. The Balaban J connectivity index is 1.58. The summed E-state index contributed by atoms with van der Waals surface area (Å²) in [7, 11) is 1.81. The molecule has 0 unspecified atom stereocenters. The van der Waals surface area contributed by atoms with E-state index in [0.717, 1.165) is 30.9 Å². The lowest BCUT2D eigenvalue weighted by atomic mass is 9.92. The van der Waals surface area contributed by atoms with Gasteiger partial charge in [-0.15, -0.1) is 0 Å². The zero-order valence-electron chi connectivity index (χ0n) is 16.9. The molecular formula is C20H27N5O3. The normalized spacial score (nSPS) is 15.6. The van der Waals surface area contributed by atoms with Crippen LogP contribution in [0.4, 0.5) is 5.69 Å². The minimum Gasteiger partial charge on any atom is -0.335 e. The molecule has 1 aromatic carbocycles. The summed E-state index contributed by atoms with van der Waals surface area (Å²) in [5.41, 5.74) is 2.57. The molecule has 0 N–H and O–H groups in total. The van der Waals surface area contributed by atoms with Crippen molar-refractivity contribution >= 4 is 11.6 Å². The lowest BCUT2D eigenvalue weighted by Crippen LogP contribution is -2.48. The molecule has 0 bridgehead atoms. The SMILES string of the molecule is Cn1nc(C(C)(C)C)cc1C(=O)N1CCN(Cc2ccc([N+](=O)[O-])cc2)CC1. The van der Waals surface area contributed by atoms with E-state index in [9.17, 15) is 14.9 Å². The molecule has 2 aromatic rings. The maximum atomic E-state index is 12.9. The van der Waals surface area contributed by atoms with Gasteiger partial charge in [-0.3, -0.25) is 24.5 Å². The van der Waals surface area contributed by atoms with Crippen molar-refractivity contribution in [3.63, 3.8) is 0 Å². The first kappa shape index (κ1) is 20.0. The topological polar surface area (TPSA) is 84.5 Å². The number of rotatable bonds is 4. The zero-order valence-corrected chi connectivity index (χ0v) is 16.9. The van der Waals surface area contributed by atoms with Gasteiger partial charge in [0.25, 0.3) is 11.6 Å². The molecule has 1 amide bonds. The Morgan fingerprint density at radius 3 is 2.25 bits per heavy atom. The summed E-state index contributed by atoms with van der Waals surface area (Å²) < 4.78 is 1.67. The number of amides is 1. The first-order valence-corrected chi connectivity index (χ1v) is 9.44. The molecule has 3 rings (SSSR count). The van der Waals surface area contributed by atoms with Crippen LogP contribution in [-0.4, -0.2) is 56.6 Å². The molecule has 1 aliphatic heterocycles. The van der Waals surface area contributed by atoms with E-state index in [1.807, 2.05) is 18.0 Å². The van der Waals surface area contributed by atoms with E-state index in [1.54, 1.807) is 16.8 Å². The molecule has 8 nitrogen and oxygen atoms in total. The average molecular weight is 385 g/mol. The van der Waals surface area contributed by atoms with Crippen LogP contribution in [0.2, 0.25) is 0 Å². The van der Waals surface area contributed by atoms with Crippen molar-refractivity contribution in [3.05, 3.63) is 57.4 Å². The van der Waals surface area contributed by atoms with Gasteiger partial charge in [0, 0.05) is 57.3 Å². The number of benzene rings is 1. The van der Waals surface area contributed by atoms with Gasteiger partial charge < -0.3 is 4.90 Å². The lowest BCUT2D eigenvalue weighted by molar-refractivity contribution is -0.384. The van der Waals surface area contributed by atoms with E-state index in [-0.39, 0.29) is 17.0 Å². The van der Waals surface area contributed by atoms with Gasteiger partial charge in [-0.25, -0.2) is 0 Å². The van der Waals surface area contributed by atoms with E-state index in [2.05, 4.69) is 30.8 Å². The number of nitro groups is 1. The molecule has 1 aromatic heterocycles. The number of carbonyl (C=O) groups is 1. The van der Waals surface area contributed by atoms with Crippen molar-refractivity contribution in [1.29, 1.82) is 0 Å². The maximum absolute atomic E-state index is 12.9. The van der Waals surface area contributed by atoms with Crippen molar-refractivity contribution in [3.8, 4) is 0 Å². The van der Waals surface area contributed by atoms with Crippen molar-refractivity contribution in [2.75, 3.05) is 26.2 Å². The minimum atomic E-state index is -0.391.